The first-order valence-corrected chi connectivity index (χ1v) is 4.88. The Hall–Kier alpha value is -1.29. The summed E-state index contributed by atoms with van der Waals surface area (Å²) in [4.78, 5) is 13.5. The van der Waals surface area contributed by atoms with Gasteiger partial charge in [0.25, 0.3) is 0 Å². The third-order valence-electron chi connectivity index (χ3n) is 2.22. The summed E-state index contributed by atoms with van der Waals surface area (Å²) in [6.07, 6.45) is 0. The van der Waals surface area contributed by atoms with Crippen molar-refractivity contribution in [2.24, 2.45) is 0 Å². The molecule has 0 unspecified atom stereocenters. The number of hydrogen-bond donors (Lipinski definition) is 1. The maximum Gasteiger partial charge on any atom is 0.0881 e. The van der Waals surface area contributed by atoms with Crippen LogP contribution in [0.3, 0.4) is 0 Å². The van der Waals surface area contributed by atoms with Crippen molar-refractivity contribution in [2.45, 2.75) is 6.92 Å². The molecular formula is C10H7BrNO2-. The first-order valence-electron chi connectivity index (χ1n) is 4.09. The fourth-order valence-electron chi connectivity index (χ4n) is 1.50. The highest BCUT2D eigenvalue weighted by Gasteiger charge is 2.07. The lowest BCUT2D eigenvalue weighted by molar-refractivity contribution is -0.255. The zero-order valence-electron chi connectivity index (χ0n) is 7.43. The zero-order valence-corrected chi connectivity index (χ0v) is 9.01. The summed E-state index contributed by atoms with van der Waals surface area (Å²) >= 11 is 3.34. The number of halogens is 1. The second-order valence-electron chi connectivity index (χ2n) is 3.10. The van der Waals surface area contributed by atoms with E-state index in [9.17, 15) is 9.90 Å². The average Bonchev–Trinajstić information content (AvgIpc) is 2.44. The van der Waals surface area contributed by atoms with Crippen molar-refractivity contribution in [3.63, 3.8) is 0 Å². The number of fused-ring (bicyclic) bond motifs is 1. The van der Waals surface area contributed by atoms with E-state index < -0.39 is 5.97 Å². The van der Waals surface area contributed by atoms with Gasteiger partial charge in [-0.3, -0.25) is 0 Å². The molecule has 0 fully saturated rings. The van der Waals surface area contributed by atoms with E-state index in [1.165, 1.54) is 0 Å². The number of carbonyl (C=O) groups is 1. The smallest absolute Gasteiger partial charge is 0.0881 e. The van der Waals surface area contributed by atoms with Gasteiger partial charge in [-0.2, -0.15) is 0 Å². The van der Waals surface area contributed by atoms with Crippen molar-refractivity contribution in [2.75, 3.05) is 0 Å². The van der Waals surface area contributed by atoms with E-state index in [1.54, 1.807) is 6.92 Å². The van der Waals surface area contributed by atoms with Crippen LogP contribution in [0.25, 0.3) is 10.9 Å². The Morgan fingerprint density at radius 1 is 1.50 bits per heavy atom. The topological polar surface area (TPSA) is 55.9 Å². The summed E-state index contributed by atoms with van der Waals surface area (Å²) in [6, 6.07) is 5.57. The minimum absolute atomic E-state index is 0.151. The predicted octanol–water partition coefficient (Wildman–Crippen LogP) is 1.60. The van der Waals surface area contributed by atoms with Crippen molar-refractivity contribution >= 4 is 32.8 Å². The van der Waals surface area contributed by atoms with Crippen LogP contribution in [-0.2, 0) is 0 Å². The van der Waals surface area contributed by atoms with Crippen LogP contribution in [0.4, 0.5) is 0 Å². The first-order chi connectivity index (χ1) is 6.59. The van der Waals surface area contributed by atoms with Crippen LogP contribution in [-0.4, -0.2) is 11.0 Å². The second kappa shape index (κ2) is 3.13. The first kappa shape index (κ1) is 9.27. The number of hydrogen-bond acceptors (Lipinski definition) is 2. The molecule has 0 aliphatic heterocycles. The maximum absolute atomic E-state index is 10.7. The standard InChI is InChI=1S/C10H8BrNO2/c1-5-7-4-6(11)2-3-8(7)12-9(5)10(13)14/h2-4,12H,1H3,(H,13,14)/p-1. The molecule has 0 amide bonds. The van der Waals surface area contributed by atoms with Gasteiger partial charge in [-0.15, -0.1) is 0 Å². The predicted molar refractivity (Wildman–Crippen MR) is 55.1 cm³/mol. The molecule has 72 valence electrons. The van der Waals surface area contributed by atoms with Crippen molar-refractivity contribution in [1.29, 1.82) is 0 Å². The highest BCUT2D eigenvalue weighted by molar-refractivity contribution is 9.10. The van der Waals surface area contributed by atoms with E-state index in [2.05, 4.69) is 20.9 Å². The number of nitrogens with one attached hydrogen (secondary N) is 1. The molecule has 2 aromatic rings. The minimum Gasteiger partial charge on any atom is -0.543 e. The molecule has 4 heteroatoms. The Morgan fingerprint density at radius 3 is 2.86 bits per heavy atom. The van der Waals surface area contributed by atoms with Crippen LogP contribution in [0.1, 0.15) is 16.1 Å². The number of rotatable bonds is 1. The summed E-state index contributed by atoms with van der Waals surface area (Å²) in [5.74, 6) is -1.17. The molecule has 2 rings (SSSR count). The van der Waals surface area contributed by atoms with Crippen LogP contribution >= 0.6 is 15.9 Å². The molecule has 14 heavy (non-hydrogen) atoms. The van der Waals surface area contributed by atoms with Crippen molar-refractivity contribution in [3.8, 4) is 0 Å². The Labute approximate surface area is 88.9 Å². The second-order valence-corrected chi connectivity index (χ2v) is 4.02. The number of H-pyrrole nitrogens is 1. The maximum atomic E-state index is 10.7. The number of carboxylic acid groups (broad SMARTS) is 1. The molecule has 0 spiro atoms. The van der Waals surface area contributed by atoms with Gasteiger partial charge in [0.15, 0.2) is 0 Å². The molecule has 3 nitrogen and oxygen atoms in total. The molecule has 1 aromatic heterocycles. The molecular weight excluding hydrogens is 246 g/mol. The van der Waals surface area contributed by atoms with Gasteiger partial charge in [0.05, 0.1) is 11.7 Å². The molecule has 0 radical (unpaired) electrons. The van der Waals surface area contributed by atoms with E-state index >= 15 is 0 Å². The van der Waals surface area contributed by atoms with Gasteiger partial charge in [-0.05, 0) is 30.7 Å². The highest BCUT2D eigenvalue weighted by atomic mass is 79.9. The van der Waals surface area contributed by atoms with Gasteiger partial charge in [-0.25, -0.2) is 0 Å². The lowest BCUT2D eigenvalue weighted by Gasteiger charge is -1.98. The van der Waals surface area contributed by atoms with Crippen molar-refractivity contribution < 1.29 is 9.90 Å². The lowest BCUT2D eigenvalue weighted by atomic mass is 10.1. The van der Waals surface area contributed by atoms with Gasteiger partial charge in [0.2, 0.25) is 0 Å². The number of aromatic amines is 1. The molecule has 1 aromatic carbocycles. The minimum atomic E-state index is -1.17. The van der Waals surface area contributed by atoms with Gasteiger partial charge in [-0.1, -0.05) is 15.9 Å². The quantitative estimate of drug-likeness (QED) is 0.839. The number of benzene rings is 1. The third kappa shape index (κ3) is 1.32. The fourth-order valence-corrected chi connectivity index (χ4v) is 1.86. The summed E-state index contributed by atoms with van der Waals surface area (Å²) in [5, 5.41) is 11.6. The molecule has 0 atom stereocenters. The van der Waals surface area contributed by atoms with E-state index in [0.717, 1.165) is 15.4 Å². The van der Waals surface area contributed by atoms with Gasteiger partial charge in [0, 0.05) is 15.4 Å². The van der Waals surface area contributed by atoms with Gasteiger partial charge in [0.1, 0.15) is 0 Å². The number of aromatic carboxylic acids is 1. The van der Waals surface area contributed by atoms with Crippen LogP contribution in [0.15, 0.2) is 22.7 Å². The summed E-state index contributed by atoms with van der Waals surface area (Å²) < 4.78 is 0.928. The molecule has 0 aliphatic rings. The molecule has 0 saturated carbocycles. The Balaban J connectivity index is 2.80. The monoisotopic (exact) mass is 252 g/mol. The normalized spacial score (nSPS) is 10.7. The van der Waals surface area contributed by atoms with Crippen LogP contribution in [0, 0.1) is 6.92 Å². The lowest BCUT2D eigenvalue weighted by Crippen LogP contribution is -2.23. The molecule has 1 heterocycles. The fraction of sp³-hybridized carbons (Fsp3) is 0.100. The van der Waals surface area contributed by atoms with Gasteiger partial charge >= 0.3 is 0 Å². The summed E-state index contributed by atoms with van der Waals surface area (Å²) in [6.45, 7) is 1.76. The molecule has 0 bridgehead atoms. The zero-order chi connectivity index (χ0) is 10.3. The van der Waals surface area contributed by atoms with Gasteiger partial charge < -0.3 is 14.9 Å². The highest BCUT2D eigenvalue weighted by Crippen LogP contribution is 2.24. The number of carboxylic acids is 1. The molecule has 0 aliphatic carbocycles. The largest absolute Gasteiger partial charge is 0.543 e. The Bertz CT molecular complexity index is 516. The van der Waals surface area contributed by atoms with Crippen molar-refractivity contribution in [3.05, 3.63) is 33.9 Å². The summed E-state index contributed by atoms with van der Waals surface area (Å²) in [7, 11) is 0. The molecule has 1 N–H and O–H groups in total. The number of carbonyl (C=O) groups excluding carboxylic acids is 1. The van der Waals surface area contributed by atoms with Crippen molar-refractivity contribution in [1.82, 2.24) is 4.98 Å². The number of aryl methyl sites for hydroxylation is 1. The SMILES string of the molecule is Cc1c(C(=O)[O-])[nH]c2ccc(Br)cc12. The molecule has 0 saturated heterocycles. The third-order valence-corrected chi connectivity index (χ3v) is 2.72. The Kier molecular flexibility index (Phi) is 2.07. The van der Waals surface area contributed by atoms with E-state index in [-0.39, 0.29) is 5.69 Å². The van der Waals surface area contributed by atoms with E-state index in [1.807, 2.05) is 18.2 Å². The van der Waals surface area contributed by atoms with Crippen LogP contribution < -0.4 is 5.11 Å². The van der Waals surface area contributed by atoms with Crippen LogP contribution in [0.5, 0.6) is 0 Å². The van der Waals surface area contributed by atoms with Crippen LogP contribution in [0.2, 0.25) is 0 Å². The Morgan fingerprint density at radius 2 is 2.21 bits per heavy atom. The average molecular weight is 253 g/mol. The summed E-state index contributed by atoms with van der Waals surface area (Å²) in [5.41, 5.74) is 1.67. The van der Waals surface area contributed by atoms with E-state index in [4.69, 9.17) is 0 Å². The van der Waals surface area contributed by atoms with E-state index in [0.29, 0.717) is 5.56 Å². The number of aromatic nitrogens is 1.